The molecule has 0 N–H and O–H groups in total. The molecule has 13 heavy (non-hydrogen) atoms. The second-order valence-electron chi connectivity index (χ2n) is 3.65. The molecule has 0 spiro atoms. The maximum Gasteiger partial charge on any atom is 0.168 e. The van der Waals surface area contributed by atoms with Gasteiger partial charge in [-0.15, -0.1) is 0 Å². The predicted octanol–water partition coefficient (Wildman–Crippen LogP) is -0.586. The number of hydrogen-bond donors (Lipinski definition) is 0. The van der Waals surface area contributed by atoms with E-state index in [9.17, 15) is 0 Å². The van der Waals surface area contributed by atoms with Crippen LogP contribution in [0.15, 0.2) is 30.6 Å². The van der Waals surface area contributed by atoms with Crippen LogP contribution < -0.4 is 17.0 Å². The first-order valence-corrected chi connectivity index (χ1v) is 4.73. The molecular formula is C11H18ClN. The zero-order valence-corrected chi connectivity index (χ0v) is 9.17. The van der Waals surface area contributed by atoms with E-state index < -0.39 is 0 Å². The van der Waals surface area contributed by atoms with Crippen molar-refractivity contribution in [1.29, 1.82) is 0 Å². The Labute approximate surface area is 87.2 Å². The van der Waals surface area contributed by atoms with Gasteiger partial charge in [0.1, 0.15) is 6.54 Å². The number of aryl methyl sites for hydroxylation is 1. The third kappa shape index (κ3) is 5.64. The summed E-state index contributed by atoms with van der Waals surface area (Å²) < 4.78 is 2.24. The van der Waals surface area contributed by atoms with Gasteiger partial charge in [0, 0.05) is 18.6 Å². The van der Waals surface area contributed by atoms with Crippen LogP contribution in [0.5, 0.6) is 0 Å². The quantitative estimate of drug-likeness (QED) is 0.572. The smallest absolute Gasteiger partial charge is 0.168 e. The molecule has 74 valence electrons. The summed E-state index contributed by atoms with van der Waals surface area (Å²) in [5.74, 6) is 0.828. The minimum Gasteiger partial charge on any atom is -1.00 e. The Hall–Kier alpha value is -0.560. The molecule has 2 heteroatoms. The SMILES string of the molecule is CC(C)CCC[n+]1ccccc1.[Cl-]. The van der Waals surface area contributed by atoms with Gasteiger partial charge in [-0.3, -0.25) is 0 Å². The van der Waals surface area contributed by atoms with Crippen LogP contribution in [-0.4, -0.2) is 0 Å². The van der Waals surface area contributed by atoms with E-state index in [1.54, 1.807) is 0 Å². The van der Waals surface area contributed by atoms with Crippen LogP contribution in [0.3, 0.4) is 0 Å². The number of hydrogen-bond acceptors (Lipinski definition) is 0. The highest BCUT2D eigenvalue weighted by atomic mass is 35.5. The summed E-state index contributed by atoms with van der Waals surface area (Å²) in [5.41, 5.74) is 0. The Morgan fingerprint density at radius 2 is 1.69 bits per heavy atom. The lowest BCUT2D eigenvalue weighted by Gasteiger charge is -2.00. The van der Waals surface area contributed by atoms with Crippen LogP contribution in [0.2, 0.25) is 0 Å². The molecular weight excluding hydrogens is 182 g/mol. The second-order valence-corrected chi connectivity index (χ2v) is 3.65. The maximum absolute atomic E-state index is 2.27. The number of pyridine rings is 1. The number of aromatic nitrogens is 1. The van der Waals surface area contributed by atoms with Crippen molar-refractivity contribution in [2.75, 3.05) is 0 Å². The zero-order valence-electron chi connectivity index (χ0n) is 8.41. The number of rotatable bonds is 4. The molecule has 0 atom stereocenters. The lowest BCUT2D eigenvalue weighted by molar-refractivity contribution is -0.697. The summed E-state index contributed by atoms with van der Waals surface area (Å²) in [5, 5.41) is 0. The molecule has 0 saturated heterocycles. The third-order valence-corrected chi connectivity index (χ3v) is 1.98. The zero-order chi connectivity index (χ0) is 8.81. The van der Waals surface area contributed by atoms with E-state index in [4.69, 9.17) is 0 Å². The Morgan fingerprint density at radius 1 is 1.08 bits per heavy atom. The van der Waals surface area contributed by atoms with E-state index in [2.05, 4.69) is 49.0 Å². The molecule has 0 saturated carbocycles. The van der Waals surface area contributed by atoms with Gasteiger partial charge in [0.25, 0.3) is 0 Å². The molecule has 0 radical (unpaired) electrons. The molecule has 0 aliphatic heterocycles. The van der Waals surface area contributed by atoms with Gasteiger partial charge < -0.3 is 12.4 Å². The van der Waals surface area contributed by atoms with Gasteiger partial charge >= 0.3 is 0 Å². The highest BCUT2D eigenvalue weighted by Gasteiger charge is 1.99. The molecule has 1 rings (SSSR count). The maximum atomic E-state index is 2.27. The summed E-state index contributed by atoms with van der Waals surface area (Å²) in [4.78, 5) is 0. The molecule has 0 amide bonds. The predicted molar refractivity (Wildman–Crippen MR) is 50.7 cm³/mol. The Kier molecular flexibility index (Phi) is 6.61. The van der Waals surface area contributed by atoms with Crippen LogP contribution in [0.25, 0.3) is 0 Å². The standard InChI is InChI=1S/C11H18N.ClH/c1-11(2)7-6-10-12-8-4-3-5-9-12;/h3-5,8-9,11H,6-7,10H2,1-2H3;1H/q+1;/p-1. The Balaban J connectivity index is 0.00000144. The summed E-state index contributed by atoms with van der Waals surface area (Å²) in [6.45, 7) is 5.70. The summed E-state index contributed by atoms with van der Waals surface area (Å²) in [6.07, 6.45) is 6.86. The topological polar surface area (TPSA) is 3.88 Å². The van der Waals surface area contributed by atoms with Crippen molar-refractivity contribution in [3.63, 3.8) is 0 Å². The van der Waals surface area contributed by atoms with E-state index >= 15 is 0 Å². The van der Waals surface area contributed by atoms with Gasteiger partial charge in [-0.1, -0.05) is 19.9 Å². The lowest BCUT2D eigenvalue weighted by Crippen LogP contribution is -3.00. The van der Waals surface area contributed by atoms with Gasteiger partial charge in [0.2, 0.25) is 0 Å². The van der Waals surface area contributed by atoms with Gasteiger partial charge in [-0.05, 0) is 12.3 Å². The van der Waals surface area contributed by atoms with E-state index in [1.807, 2.05) is 0 Å². The molecule has 0 bridgehead atoms. The monoisotopic (exact) mass is 199 g/mol. The van der Waals surface area contributed by atoms with Gasteiger partial charge in [-0.25, -0.2) is 4.57 Å². The molecule has 0 aliphatic rings. The minimum absolute atomic E-state index is 0. The summed E-state index contributed by atoms with van der Waals surface area (Å²) in [7, 11) is 0. The number of nitrogens with zero attached hydrogens (tertiary/aromatic N) is 1. The normalized spacial score (nSPS) is 9.77. The van der Waals surface area contributed by atoms with Crippen molar-refractivity contribution >= 4 is 0 Å². The fourth-order valence-corrected chi connectivity index (χ4v) is 1.27. The van der Waals surface area contributed by atoms with Gasteiger partial charge in [-0.2, -0.15) is 0 Å². The first-order chi connectivity index (χ1) is 5.79. The highest BCUT2D eigenvalue weighted by molar-refractivity contribution is 4.83. The van der Waals surface area contributed by atoms with Crippen molar-refractivity contribution in [2.24, 2.45) is 5.92 Å². The Morgan fingerprint density at radius 3 is 2.23 bits per heavy atom. The molecule has 1 heterocycles. The fourth-order valence-electron chi connectivity index (χ4n) is 1.27. The average Bonchev–Trinajstić information content (AvgIpc) is 2.05. The van der Waals surface area contributed by atoms with Crippen molar-refractivity contribution in [2.45, 2.75) is 33.2 Å². The molecule has 0 unspecified atom stereocenters. The van der Waals surface area contributed by atoms with Crippen molar-refractivity contribution in [3.8, 4) is 0 Å². The van der Waals surface area contributed by atoms with Gasteiger partial charge in [0.05, 0.1) is 0 Å². The largest absolute Gasteiger partial charge is 1.00 e. The molecule has 1 nitrogen and oxygen atoms in total. The molecule has 1 aromatic rings. The van der Waals surface area contributed by atoms with Crippen LogP contribution in [0.1, 0.15) is 26.7 Å². The van der Waals surface area contributed by atoms with Crippen LogP contribution >= 0.6 is 0 Å². The molecule has 0 aliphatic carbocycles. The molecule has 1 aromatic heterocycles. The average molecular weight is 200 g/mol. The molecule has 0 aromatic carbocycles. The first kappa shape index (κ1) is 12.4. The second kappa shape index (κ2) is 6.90. The molecule has 0 fully saturated rings. The van der Waals surface area contributed by atoms with Crippen LogP contribution in [0, 0.1) is 5.92 Å². The summed E-state index contributed by atoms with van der Waals surface area (Å²) >= 11 is 0. The van der Waals surface area contributed by atoms with Gasteiger partial charge in [0.15, 0.2) is 12.4 Å². The Bertz CT molecular complexity index is 209. The van der Waals surface area contributed by atoms with E-state index in [1.165, 1.54) is 12.8 Å². The highest BCUT2D eigenvalue weighted by Crippen LogP contribution is 2.02. The number of halogens is 1. The minimum atomic E-state index is 0. The third-order valence-electron chi connectivity index (χ3n) is 1.98. The summed E-state index contributed by atoms with van der Waals surface area (Å²) in [6, 6.07) is 6.21. The fraction of sp³-hybridized carbons (Fsp3) is 0.545. The van der Waals surface area contributed by atoms with E-state index in [-0.39, 0.29) is 12.4 Å². The lowest BCUT2D eigenvalue weighted by atomic mass is 10.1. The van der Waals surface area contributed by atoms with Crippen molar-refractivity contribution in [3.05, 3.63) is 30.6 Å². The van der Waals surface area contributed by atoms with Crippen LogP contribution in [-0.2, 0) is 6.54 Å². The van der Waals surface area contributed by atoms with Crippen LogP contribution in [0.4, 0.5) is 0 Å². The van der Waals surface area contributed by atoms with E-state index in [0.717, 1.165) is 12.5 Å². The first-order valence-electron chi connectivity index (χ1n) is 4.73. The van der Waals surface area contributed by atoms with Crippen molar-refractivity contribution in [1.82, 2.24) is 0 Å². The van der Waals surface area contributed by atoms with Crippen molar-refractivity contribution < 1.29 is 17.0 Å². The van der Waals surface area contributed by atoms with E-state index in [0.29, 0.717) is 0 Å².